The fraction of sp³-hybridized carbons (Fsp3) is 0.579. The zero-order chi connectivity index (χ0) is 17.6. The Morgan fingerprint density at radius 1 is 1.04 bits per heavy atom. The molecule has 0 bridgehead atoms. The number of carbonyl (C=O) groups is 2. The van der Waals surface area contributed by atoms with Crippen LogP contribution in [-0.2, 0) is 9.59 Å². The molecule has 6 heteroatoms. The van der Waals surface area contributed by atoms with Gasteiger partial charge in [-0.15, -0.1) is 0 Å². The molecule has 6 nitrogen and oxygen atoms in total. The lowest BCUT2D eigenvalue weighted by atomic mass is 10.2. The molecule has 1 aromatic rings. The first-order valence-electron chi connectivity index (χ1n) is 9.02. The van der Waals surface area contributed by atoms with Gasteiger partial charge >= 0.3 is 0 Å². The molecule has 2 fully saturated rings. The van der Waals surface area contributed by atoms with Crippen LogP contribution in [0.5, 0.6) is 11.5 Å². The first-order chi connectivity index (χ1) is 12.2. The molecular formula is C19H26N2O4. The second-order valence-corrected chi connectivity index (χ2v) is 6.75. The number of rotatable bonds is 8. The minimum atomic E-state index is -0.178. The Balaban J connectivity index is 1.31. The molecule has 2 saturated carbocycles. The molecule has 0 spiro atoms. The fourth-order valence-corrected chi connectivity index (χ4v) is 3.30. The Hall–Kier alpha value is -2.24. The third-order valence-electron chi connectivity index (χ3n) is 4.89. The van der Waals surface area contributed by atoms with Gasteiger partial charge in [0.25, 0.3) is 0 Å². The third-order valence-corrected chi connectivity index (χ3v) is 4.89. The van der Waals surface area contributed by atoms with Crippen molar-refractivity contribution in [1.29, 1.82) is 0 Å². The van der Waals surface area contributed by atoms with Crippen molar-refractivity contribution in [3.05, 3.63) is 24.3 Å². The van der Waals surface area contributed by atoms with Gasteiger partial charge < -0.3 is 20.1 Å². The van der Waals surface area contributed by atoms with Gasteiger partial charge in [0.2, 0.25) is 11.8 Å². The molecule has 136 valence electrons. The van der Waals surface area contributed by atoms with Gasteiger partial charge in [-0.25, -0.2) is 0 Å². The lowest BCUT2D eigenvalue weighted by Crippen LogP contribution is -2.36. The lowest BCUT2D eigenvalue weighted by Gasteiger charge is -2.11. The van der Waals surface area contributed by atoms with Crippen LogP contribution in [0.1, 0.15) is 32.1 Å². The molecule has 2 unspecified atom stereocenters. The maximum absolute atomic E-state index is 12.1. The maximum atomic E-state index is 12.1. The highest BCUT2D eigenvalue weighted by molar-refractivity contribution is 5.92. The Morgan fingerprint density at radius 2 is 1.68 bits per heavy atom. The summed E-state index contributed by atoms with van der Waals surface area (Å²) in [5.41, 5.74) is 0. The third kappa shape index (κ3) is 4.87. The van der Waals surface area contributed by atoms with Gasteiger partial charge in [0, 0.05) is 6.04 Å². The van der Waals surface area contributed by atoms with E-state index in [1.165, 1.54) is 12.8 Å². The van der Waals surface area contributed by atoms with E-state index in [0.717, 1.165) is 24.3 Å². The van der Waals surface area contributed by atoms with Crippen LogP contribution < -0.4 is 20.1 Å². The zero-order valence-corrected chi connectivity index (χ0v) is 14.6. The van der Waals surface area contributed by atoms with Crippen LogP contribution in [0.3, 0.4) is 0 Å². The molecule has 25 heavy (non-hydrogen) atoms. The molecule has 1 aromatic carbocycles. The van der Waals surface area contributed by atoms with Crippen LogP contribution in [0.15, 0.2) is 24.3 Å². The van der Waals surface area contributed by atoms with E-state index < -0.39 is 0 Å². The summed E-state index contributed by atoms with van der Waals surface area (Å²) in [6.07, 6.45) is 5.17. The number of methoxy groups -OCH3 is 1. The van der Waals surface area contributed by atoms with Crippen molar-refractivity contribution in [1.82, 2.24) is 10.6 Å². The molecular weight excluding hydrogens is 320 g/mol. The van der Waals surface area contributed by atoms with Gasteiger partial charge in [0.05, 0.1) is 25.5 Å². The van der Waals surface area contributed by atoms with Crippen molar-refractivity contribution in [2.45, 2.75) is 38.1 Å². The molecule has 0 saturated heterocycles. The smallest absolute Gasteiger partial charge is 0.224 e. The average molecular weight is 346 g/mol. The summed E-state index contributed by atoms with van der Waals surface area (Å²) in [6.45, 7) is 0.821. The molecule has 0 heterocycles. The molecule has 0 aromatic heterocycles. The highest BCUT2D eigenvalue weighted by atomic mass is 16.5. The largest absolute Gasteiger partial charge is 0.497 e. The van der Waals surface area contributed by atoms with Gasteiger partial charge in [-0.2, -0.15) is 0 Å². The van der Waals surface area contributed by atoms with E-state index in [0.29, 0.717) is 25.6 Å². The lowest BCUT2D eigenvalue weighted by molar-refractivity contribution is -0.127. The standard InChI is InChI=1S/C19H26N2O4/c1-24-14-6-8-15(9-7-14)25-11-10-20-18(22)16-12-17(16)19(23)21-13-4-2-3-5-13/h6-9,13,16-17H,2-5,10-12H2,1H3,(H,20,22)(H,21,23). The number of nitrogens with one attached hydrogen (secondary N) is 2. The first-order valence-corrected chi connectivity index (χ1v) is 9.02. The normalized spacial score (nSPS) is 22.3. The number of benzene rings is 1. The number of ether oxygens (including phenoxy) is 2. The van der Waals surface area contributed by atoms with Gasteiger partial charge in [-0.05, 0) is 43.5 Å². The van der Waals surface area contributed by atoms with Crippen LogP contribution in [-0.4, -0.2) is 38.1 Å². The Morgan fingerprint density at radius 3 is 2.36 bits per heavy atom. The van der Waals surface area contributed by atoms with Crippen LogP contribution in [0.25, 0.3) is 0 Å². The Kier molecular flexibility index (Phi) is 5.79. The molecule has 2 N–H and O–H groups in total. The van der Waals surface area contributed by atoms with E-state index in [4.69, 9.17) is 9.47 Å². The quantitative estimate of drug-likeness (QED) is 0.705. The van der Waals surface area contributed by atoms with Crippen LogP contribution in [0.2, 0.25) is 0 Å². The van der Waals surface area contributed by atoms with E-state index in [2.05, 4.69) is 10.6 Å². The minimum Gasteiger partial charge on any atom is -0.497 e. The predicted molar refractivity (Wildman–Crippen MR) is 93.5 cm³/mol. The summed E-state index contributed by atoms with van der Waals surface area (Å²) >= 11 is 0. The van der Waals surface area contributed by atoms with Crippen molar-refractivity contribution in [2.75, 3.05) is 20.3 Å². The molecule has 0 aliphatic heterocycles. The molecule has 2 aliphatic rings. The maximum Gasteiger partial charge on any atom is 0.224 e. The average Bonchev–Trinajstić information content (AvgIpc) is 3.29. The number of amides is 2. The minimum absolute atomic E-state index is 0.0431. The van der Waals surface area contributed by atoms with Crippen LogP contribution in [0.4, 0.5) is 0 Å². The predicted octanol–water partition coefficient (Wildman–Crippen LogP) is 1.89. The molecule has 2 atom stereocenters. The number of hydrogen-bond acceptors (Lipinski definition) is 4. The monoisotopic (exact) mass is 346 g/mol. The van der Waals surface area contributed by atoms with Crippen molar-refractivity contribution in [3.63, 3.8) is 0 Å². The van der Waals surface area contributed by atoms with Crippen molar-refractivity contribution < 1.29 is 19.1 Å². The number of carbonyl (C=O) groups excluding carboxylic acids is 2. The van der Waals surface area contributed by atoms with Crippen molar-refractivity contribution in [3.8, 4) is 11.5 Å². The summed E-state index contributed by atoms with van der Waals surface area (Å²) in [5.74, 6) is 1.17. The van der Waals surface area contributed by atoms with Gasteiger partial charge in [-0.1, -0.05) is 12.8 Å². The molecule has 2 amide bonds. The van der Waals surface area contributed by atoms with E-state index >= 15 is 0 Å². The van der Waals surface area contributed by atoms with E-state index in [1.54, 1.807) is 7.11 Å². The number of hydrogen-bond donors (Lipinski definition) is 2. The summed E-state index contributed by atoms with van der Waals surface area (Å²) in [5, 5.41) is 5.92. The summed E-state index contributed by atoms with van der Waals surface area (Å²) in [6, 6.07) is 7.61. The van der Waals surface area contributed by atoms with Gasteiger partial charge in [0.1, 0.15) is 18.1 Å². The van der Waals surface area contributed by atoms with Crippen LogP contribution in [0, 0.1) is 11.8 Å². The molecule has 2 aliphatic carbocycles. The second kappa shape index (κ2) is 8.23. The first kappa shape index (κ1) is 17.6. The Bertz CT molecular complexity index is 596. The summed E-state index contributed by atoms with van der Waals surface area (Å²) in [4.78, 5) is 24.2. The fourth-order valence-electron chi connectivity index (χ4n) is 3.30. The van der Waals surface area contributed by atoms with Gasteiger partial charge in [-0.3, -0.25) is 9.59 Å². The highest BCUT2D eigenvalue weighted by Gasteiger charge is 2.48. The molecule has 3 rings (SSSR count). The SMILES string of the molecule is COc1ccc(OCCNC(=O)C2CC2C(=O)NC2CCCC2)cc1. The van der Waals surface area contributed by atoms with E-state index in [1.807, 2.05) is 24.3 Å². The van der Waals surface area contributed by atoms with Crippen LogP contribution >= 0.6 is 0 Å². The molecule has 0 radical (unpaired) electrons. The summed E-state index contributed by atoms with van der Waals surface area (Å²) < 4.78 is 10.7. The summed E-state index contributed by atoms with van der Waals surface area (Å²) in [7, 11) is 1.62. The van der Waals surface area contributed by atoms with Crippen molar-refractivity contribution in [2.24, 2.45) is 11.8 Å². The highest BCUT2D eigenvalue weighted by Crippen LogP contribution is 2.39. The van der Waals surface area contributed by atoms with E-state index in [-0.39, 0.29) is 23.7 Å². The topological polar surface area (TPSA) is 76.7 Å². The zero-order valence-electron chi connectivity index (χ0n) is 14.6. The Labute approximate surface area is 148 Å². The second-order valence-electron chi connectivity index (χ2n) is 6.75. The van der Waals surface area contributed by atoms with E-state index in [9.17, 15) is 9.59 Å². The van der Waals surface area contributed by atoms with Crippen molar-refractivity contribution >= 4 is 11.8 Å². The van der Waals surface area contributed by atoms with Gasteiger partial charge in [0.15, 0.2) is 0 Å².